The molecule has 0 aliphatic carbocycles. The molecule has 0 bridgehead atoms. The van der Waals surface area contributed by atoms with Crippen LogP contribution < -0.4 is 5.43 Å². The molecule has 0 aliphatic heterocycles. The van der Waals surface area contributed by atoms with Gasteiger partial charge in [0.05, 0.1) is 25.5 Å². The van der Waals surface area contributed by atoms with Crippen LogP contribution in [0.4, 0.5) is 0 Å². The molecule has 3 rings (SSSR count). The summed E-state index contributed by atoms with van der Waals surface area (Å²) in [7, 11) is 0. The zero-order valence-corrected chi connectivity index (χ0v) is 15.2. The standard InChI is InChI=1S/C17H12Cl3NOS/c1-2-21-9-16(17(22)10-5-3-4-6-14(10)21)23-15-8-12(19)11(18)7-13(15)20/h3-9H,2H2,1H3. The topological polar surface area (TPSA) is 22.0 Å². The van der Waals surface area contributed by atoms with Gasteiger partial charge in [-0.15, -0.1) is 0 Å². The van der Waals surface area contributed by atoms with Crippen molar-refractivity contribution in [3.05, 3.63) is 67.9 Å². The first kappa shape index (κ1) is 16.7. The Kier molecular flexibility index (Phi) is 4.93. The summed E-state index contributed by atoms with van der Waals surface area (Å²) in [5.41, 5.74) is 0.905. The second-order valence-corrected chi connectivity index (χ2v) is 7.23. The minimum absolute atomic E-state index is 0.0163. The fraction of sp³-hybridized carbons (Fsp3) is 0.118. The third-order valence-electron chi connectivity index (χ3n) is 3.49. The summed E-state index contributed by atoms with van der Waals surface area (Å²) in [4.78, 5) is 14.0. The Morgan fingerprint density at radius 1 is 1.00 bits per heavy atom. The van der Waals surface area contributed by atoms with E-state index in [2.05, 4.69) is 0 Å². The van der Waals surface area contributed by atoms with Gasteiger partial charge in [0.15, 0.2) is 0 Å². The number of rotatable bonds is 3. The summed E-state index contributed by atoms with van der Waals surface area (Å²) >= 11 is 19.5. The lowest BCUT2D eigenvalue weighted by atomic mass is 10.2. The van der Waals surface area contributed by atoms with Crippen molar-refractivity contribution in [3.63, 3.8) is 0 Å². The van der Waals surface area contributed by atoms with E-state index in [4.69, 9.17) is 34.8 Å². The van der Waals surface area contributed by atoms with E-state index in [9.17, 15) is 4.79 Å². The Labute approximate surface area is 153 Å². The van der Waals surface area contributed by atoms with Crippen molar-refractivity contribution >= 4 is 57.5 Å². The van der Waals surface area contributed by atoms with E-state index in [1.807, 2.05) is 42.0 Å². The first-order valence-corrected chi connectivity index (χ1v) is 8.91. The second-order valence-electron chi connectivity index (χ2n) is 4.92. The number of nitrogens with zero attached hydrogens (tertiary/aromatic N) is 1. The Morgan fingerprint density at radius 3 is 2.43 bits per heavy atom. The molecule has 1 aromatic heterocycles. The van der Waals surface area contributed by atoms with Crippen LogP contribution in [0.15, 0.2) is 57.2 Å². The number of benzene rings is 2. The third kappa shape index (κ3) is 3.24. The van der Waals surface area contributed by atoms with Crippen LogP contribution in [0.2, 0.25) is 15.1 Å². The average molecular weight is 385 g/mol. The molecule has 0 saturated heterocycles. The van der Waals surface area contributed by atoms with Crippen molar-refractivity contribution in [1.82, 2.24) is 4.57 Å². The number of pyridine rings is 1. The molecule has 1 heterocycles. The summed E-state index contributed by atoms with van der Waals surface area (Å²) in [5.74, 6) is 0. The van der Waals surface area contributed by atoms with Crippen molar-refractivity contribution < 1.29 is 0 Å². The Bertz CT molecular complexity index is 952. The van der Waals surface area contributed by atoms with E-state index in [0.717, 1.165) is 12.1 Å². The van der Waals surface area contributed by atoms with Gasteiger partial charge in [-0.05, 0) is 31.2 Å². The summed E-state index contributed by atoms with van der Waals surface area (Å²) in [6.07, 6.45) is 1.86. The number of aryl methyl sites for hydroxylation is 1. The molecule has 6 heteroatoms. The van der Waals surface area contributed by atoms with Gasteiger partial charge in [-0.3, -0.25) is 4.79 Å². The molecule has 0 atom stereocenters. The van der Waals surface area contributed by atoms with Gasteiger partial charge < -0.3 is 4.57 Å². The lowest BCUT2D eigenvalue weighted by Gasteiger charge is -2.12. The van der Waals surface area contributed by atoms with E-state index in [1.165, 1.54) is 11.8 Å². The van der Waals surface area contributed by atoms with Gasteiger partial charge >= 0.3 is 0 Å². The Hall–Kier alpha value is -1.13. The molecule has 0 radical (unpaired) electrons. The SMILES string of the molecule is CCn1cc(Sc2cc(Cl)c(Cl)cc2Cl)c(=O)c2ccccc21. The van der Waals surface area contributed by atoms with Crippen molar-refractivity contribution in [2.75, 3.05) is 0 Å². The number of aromatic nitrogens is 1. The minimum Gasteiger partial charge on any atom is -0.346 e. The highest BCUT2D eigenvalue weighted by molar-refractivity contribution is 7.99. The fourth-order valence-electron chi connectivity index (χ4n) is 2.35. The van der Waals surface area contributed by atoms with Crippen LogP contribution in [0.1, 0.15) is 6.92 Å². The molecular formula is C17H12Cl3NOS. The normalized spacial score (nSPS) is 11.1. The van der Waals surface area contributed by atoms with Crippen LogP contribution >= 0.6 is 46.6 Å². The van der Waals surface area contributed by atoms with Crippen LogP contribution in [0, 0.1) is 0 Å². The lowest BCUT2D eigenvalue weighted by Crippen LogP contribution is -2.10. The molecule has 0 fully saturated rings. The van der Waals surface area contributed by atoms with Gasteiger partial charge in [0.25, 0.3) is 0 Å². The average Bonchev–Trinajstić information content (AvgIpc) is 2.55. The van der Waals surface area contributed by atoms with E-state index in [1.54, 1.807) is 12.1 Å². The number of para-hydroxylation sites is 1. The first-order chi connectivity index (χ1) is 11.0. The van der Waals surface area contributed by atoms with Crippen molar-refractivity contribution in [3.8, 4) is 0 Å². The molecule has 0 spiro atoms. The second kappa shape index (κ2) is 6.78. The monoisotopic (exact) mass is 383 g/mol. The molecule has 0 saturated carbocycles. The van der Waals surface area contributed by atoms with E-state index >= 15 is 0 Å². The maximum Gasteiger partial charge on any atom is 0.203 e. The van der Waals surface area contributed by atoms with Gasteiger partial charge in [-0.1, -0.05) is 58.7 Å². The Morgan fingerprint density at radius 2 is 1.70 bits per heavy atom. The molecule has 0 unspecified atom stereocenters. The number of hydrogen-bond acceptors (Lipinski definition) is 2. The molecule has 2 nitrogen and oxygen atoms in total. The summed E-state index contributed by atoms with van der Waals surface area (Å²) in [6.45, 7) is 2.81. The quantitative estimate of drug-likeness (QED) is 0.506. The molecular weight excluding hydrogens is 373 g/mol. The van der Waals surface area contributed by atoms with E-state index < -0.39 is 0 Å². The van der Waals surface area contributed by atoms with Crippen LogP contribution in [-0.4, -0.2) is 4.57 Å². The number of hydrogen-bond donors (Lipinski definition) is 0. The highest BCUT2D eigenvalue weighted by Gasteiger charge is 2.13. The molecule has 0 N–H and O–H groups in total. The minimum atomic E-state index is -0.0163. The summed E-state index contributed by atoms with van der Waals surface area (Å²) < 4.78 is 2.05. The van der Waals surface area contributed by atoms with Gasteiger partial charge in [0.1, 0.15) is 0 Å². The smallest absolute Gasteiger partial charge is 0.203 e. The third-order valence-corrected chi connectivity index (χ3v) is 5.71. The van der Waals surface area contributed by atoms with Crippen molar-refractivity contribution in [1.29, 1.82) is 0 Å². The van der Waals surface area contributed by atoms with E-state index in [0.29, 0.717) is 30.2 Å². The van der Waals surface area contributed by atoms with Gasteiger partial charge in [0.2, 0.25) is 5.43 Å². The molecule has 2 aromatic carbocycles. The Balaban J connectivity index is 2.16. The predicted molar refractivity (Wildman–Crippen MR) is 99.5 cm³/mol. The van der Waals surface area contributed by atoms with Crippen molar-refractivity contribution in [2.45, 2.75) is 23.3 Å². The predicted octanol–water partition coefficient (Wildman–Crippen LogP) is 6.13. The maximum absolute atomic E-state index is 12.7. The van der Waals surface area contributed by atoms with Gasteiger partial charge in [-0.2, -0.15) is 0 Å². The number of fused-ring (bicyclic) bond motifs is 1. The fourth-order valence-corrected chi connectivity index (χ4v) is 4.03. The number of halogens is 3. The first-order valence-electron chi connectivity index (χ1n) is 6.96. The molecule has 3 aromatic rings. The summed E-state index contributed by atoms with van der Waals surface area (Å²) in [6, 6.07) is 10.8. The highest BCUT2D eigenvalue weighted by Crippen LogP contribution is 2.37. The summed E-state index contributed by atoms with van der Waals surface area (Å²) in [5, 5.41) is 1.97. The van der Waals surface area contributed by atoms with Crippen LogP contribution in [0.25, 0.3) is 10.9 Å². The maximum atomic E-state index is 12.7. The van der Waals surface area contributed by atoms with Crippen LogP contribution in [0.5, 0.6) is 0 Å². The van der Waals surface area contributed by atoms with Crippen LogP contribution in [0.3, 0.4) is 0 Å². The largest absolute Gasteiger partial charge is 0.346 e. The molecule has 23 heavy (non-hydrogen) atoms. The molecule has 118 valence electrons. The lowest BCUT2D eigenvalue weighted by molar-refractivity contribution is 0.775. The van der Waals surface area contributed by atoms with E-state index in [-0.39, 0.29) is 5.43 Å². The zero-order valence-electron chi connectivity index (χ0n) is 12.1. The molecule has 0 aliphatic rings. The highest BCUT2D eigenvalue weighted by atomic mass is 35.5. The zero-order chi connectivity index (χ0) is 16.6. The van der Waals surface area contributed by atoms with Gasteiger partial charge in [-0.25, -0.2) is 0 Å². The molecule has 0 amide bonds. The van der Waals surface area contributed by atoms with Gasteiger partial charge in [0, 0.05) is 23.0 Å². The van der Waals surface area contributed by atoms with Crippen LogP contribution in [-0.2, 0) is 6.54 Å². The van der Waals surface area contributed by atoms with Crippen molar-refractivity contribution in [2.24, 2.45) is 0 Å².